The Balaban J connectivity index is 1.75. The fourth-order valence-electron chi connectivity index (χ4n) is 2.88. The number of aromatic nitrogens is 6. The van der Waals surface area contributed by atoms with Crippen molar-refractivity contribution < 1.29 is 0 Å². The van der Waals surface area contributed by atoms with E-state index in [2.05, 4.69) is 27.0 Å². The molecule has 3 heterocycles. The molecule has 0 spiro atoms. The average Bonchev–Trinajstić information content (AvgIpc) is 3.08. The van der Waals surface area contributed by atoms with Crippen LogP contribution in [-0.2, 0) is 13.1 Å². The van der Waals surface area contributed by atoms with E-state index >= 15 is 0 Å². The zero-order valence-electron chi connectivity index (χ0n) is 14.4. The Bertz CT molecular complexity index is 1100. The van der Waals surface area contributed by atoms with Crippen molar-refractivity contribution in [2.24, 2.45) is 0 Å². The maximum atomic E-state index is 12.7. The predicted molar refractivity (Wildman–Crippen MR) is 98.6 cm³/mol. The number of fused-ring (bicyclic) bond motifs is 1. The van der Waals surface area contributed by atoms with Gasteiger partial charge in [-0.1, -0.05) is 19.1 Å². The molecule has 0 atom stereocenters. The van der Waals surface area contributed by atoms with E-state index in [1.165, 1.54) is 0 Å². The molecular weight excluding hydrogens is 328 g/mol. The summed E-state index contributed by atoms with van der Waals surface area (Å²) in [7, 11) is 0. The van der Waals surface area contributed by atoms with Gasteiger partial charge in [-0.05, 0) is 30.7 Å². The van der Waals surface area contributed by atoms with Gasteiger partial charge in [-0.15, -0.1) is 0 Å². The number of para-hydroxylation sites is 1. The first-order valence-electron chi connectivity index (χ1n) is 8.54. The molecule has 0 saturated heterocycles. The molecule has 0 saturated carbocycles. The molecule has 1 aromatic carbocycles. The molecule has 0 aliphatic heterocycles. The van der Waals surface area contributed by atoms with Gasteiger partial charge < -0.3 is 0 Å². The van der Waals surface area contributed by atoms with Gasteiger partial charge in [-0.2, -0.15) is 5.10 Å². The molecule has 4 aromatic rings. The third-order valence-corrected chi connectivity index (χ3v) is 4.17. The molecule has 0 aliphatic rings. The van der Waals surface area contributed by atoms with Crippen molar-refractivity contribution in [1.82, 2.24) is 29.3 Å². The summed E-state index contributed by atoms with van der Waals surface area (Å²) in [5.74, 6) is 1.37. The van der Waals surface area contributed by atoms with E-state index in [0.29, 0.717) is 23.3 Å². The molecule has 0 amide bonds. The molecule has 4 rings (SSSR count). The molecule has 0 N–H and O–H groups in total. The maximum absolute atomic E-state index is 12.7. The lowest BCUT2D eigenvalue weighted by Gasteiger charge is -2.07. The highest BCUT2D eigenvalue weighted by atomic mass is 16.1. The van der Waals surface area contributed by atoms with Crippen LogP contribution in [0, 0.1) is 0 Å². The van der Waals surface area contributed by atoms with Crippen LogP contribution in [0.3, 0.4) is 0 Å². The standard InChI is InChI=1S/C19H18N6O/c1-2-11-25-17(22-18(23-25)14-7-9-20-10-8-14)12-24-13-21-16-6-4-3-5-15(16)19(24)26/h3-10,13H,2,11-12H2,1H3. The highest BCUT2D eigenvalue weighted by Crippen LogP contribution is 2.15. The van der Waals surface area contributed by atoms with Gasteiger partial charge in [0, 0.05) is 24.5 Å². The fourth-order valence-corrected chi connectivity index (χ4v) is 2.88. The number of hydrogen-bond acceptors (Lipinski definition) is 5. The Kier molecular flexibility index (Phi) is 4.27. The van der Waals surface area contributed by atoms with Gasteiger partial charge in [0.05, 0.1) is 23.8 Å². The largest absolute Gasteiger partial charge is 0.291 e. The molecule has 7 heteroatoms. The SMILES string of the molecule is CCCn1nc(-c2ccncc2)nc1Cn1cnc2ccccc2c1=O. The normalized spacial score (nSPS) is 11.1. The van der Waals surface area contributed by atoms with E-state index in [1.54, 1.807) is 29.4 Å². The minimum absolute atomic E-state index is 0.0768. The Labute approximate surface area is 150 Å². The van der Waals surface area contributed by atoms with Crippen LogP contribution in [0.25, 0.3) is 22.3 Å². The number of nitrogens with zero attached hydrogens (tertiary/aromatic N) is 6. The van der Waals surface area contributed by atoms with E-state index in [1.807, 2.05) is 35.0 Å². The molecule has 7 nitrogen and oxygen atoms in total. The first-order valence-corrected chi connectivity index (χ1v) is 8.54. The van der Waals surface area contributed by atoms with E-state index in [0.717, 1.165) is 24.4 Å². The van der Waals surface area contributed by atoms with Crippen LogP contribution in [0.1, 0.15) is 19.2 Å². The van der Waals surface area contributed by atoms with Crippen molar-refractivity contribution in [1.29, 1.82) is 0 Å². The summed E-state index contributed by atoms with van der Waals surface area (Å²) < 4.78 is 3.44. The third-order valence-electron chi connectivity index (χ3n) is 4.17. The number of rotatable bonds is 5. The smallest absolute Gasteiger partial charge is 0.261 e. The van der Waals surface area contributed by atoms with Crippen molar-refractivity contribution in [3.8, 4) is 11.4 Å². The summed E-state index contributed by atoms with van der Waals surface area (Å²) >= 11 is 0. The summed E-state index contributed by atoms with van der Waals surface area (Å²) in [6, 6.07) is 11.1. The Morgan fingerprint density at radius 3 is 2.69 bits per heavy atom. The lowest BCUT2D eigenvalue weighted by atomic mass is 10.2. The highest BCUT2D eigenvalue weighted by molar-refractivity contribution is 5.76. The molecular formula is C19H18N6O. The first kappa shape index (κ1) is 16.1. The summed E-state index contributed by atoms with van der Waals surface area (Å²) in [6.45, 7) is 3.15. The second kappa shape index (κ2) is 6.87. The van der Waals surface area contributed by atoms with Gasteiger partial charge in [-0.25, -0.2) is 14.6 Å². The van der Waals surface area contributed by atoms with Gasteiger partial charge in [0.15, 0.2) is 5.82 Å². The molecule has 0 bridgehead atoms. The average molecular weight is 346 g/mol. The van der Waals surface area contributed by atoms with Gasteiger partial charge >= 0.3 is 0 Å². The van der Waals surface area contributed by atoms with E-state index in [9.17, 15) is 4.79 Å². The molecule has 0 radical (unpaired) electrons. The first-order chi connectivity index (χ1) is 12.8. The Morgan fingerprint density at radius 1 is 1.08 bits per heavy atom. The van der Waals surface area contributed by atoms with Crippen molar-refractivity contribution in [2.45, 2.75) is 26.4 Å². The summed E-state index contributed by atoms with van der Waals surface area (Å²) in [5.41, 5.74) is 1.52. The molecule has 0 unspecified atom stereocenters. The Morgan fingerprint density at radius 2 is 1.88 bits per heavy atom. The van der Waals surface area contributed by atoms with Crippen LogP contribution in [0.5, 0.6) is 0 Å². The van der Waals surface area contributed by atoms with Crippen LogP contribution in [0.4, 0.5) is 0 Å². The van der Waals surface area contributed by atoms with Gasteiger partial charge in [0.2, 0.25) is 0 Å². The Hall–Kier alpha value is -3.35. The second-order valence-electron chi connectivity index (χ2n) is 6.01. The van der Waals surface area contributed by atoms with Gasteiger partial charge in [-0.3, -0.25) is 14.3 Å². The quantitative estimate of drug-likeness (QED) is 0.555. The topological polar surface area (TPSA) is 78.5 Å². The van der Waals surface area contributed by atoms with E-state index < -0.39 is 0 Å². The second-order valence-corrected chi connectivity index (χ2v) is 6.01. The molecule has 0 fully saturated rings. The zero-order valence-corrected chi connectivity index (χ0v) is 14.4. The monoisotopic (exact) mass is 346 g/mol. The lowest BCUT2D eigenvalue weighted by molar-refractivity contribution is 0.550. The fraction of sp³-hybridized carbons (Fsp3) is 0.211. The number of hydrogen-bond donors (Lipinski definition) is 0. The molecule has 26 heavy (non-hydrogen) atoms. The van der Waals surface area contributed by atoms with Crippen LogP contribution in [0.2, 0.25) is 0 Å². The number of pyridine rings is 1. The minimum atomic E-state index is -0.0768. The molecule has 0 aliphatic carbocycles. The van der Waals surface area contributed by atoms with Crippen LogP contribution in [-0.4, -0.2) is 29.3 Å². The number of benzene rings is 1. The lowest BCUT2D eigenvalue weighted by Crippen LogP contribution is -2.23. The van der Waals surface area contributed by atoms with Crippen molar-refractivity contribution >= 4 is 10.9 Å². The number of aryl methyl sites for hydroxylation is 1. The van der Waals surface area contributed by atoms with Crippen molar-refractivity contribution in [3.05, 3.63) is 71.3 Å². The zero-order chi connectivity index (χ0) is 17.9. The third kappa shape index (κ3) is 2.99. The maximum Gasteiger partial charge on any atom is 0.261 e. The summed E-state index contributed by atoms with van der Waals surface area (Å²) in [5, 5.41) is 5.20. The van der Waals surface area contributed by atoms with Crippen molar-refractivity contribution in [3.63, 3.8) is 0 Å². The highest BCUT2D eigenvalue weighted by Gasteiger charge is 2.13. The predicted octanol–water partition coefficient (Wildman–Crippen LogP) is 2.51. The van der Waals surface area contributed by atoms with E-state index in [4.69, 9.17) is 0 Å². The molecule has 130 valence electrons. The summed E-state index contributed by atoms with van der Waals surface area (Å²) in [6.07, 6.45) is 5.93. The van der Waals surface area contributed by atoms with Crippen LogP contribution >= 0.6 is 0 Å². The minimum Gasteiger partial charge on any atom is -0.291 e. The molecule has 3 aromatic heterocycles. The van der Waals surface area contributed by atoms with Gasteiger partial charge in [0.1, 0.15) is 5.82 Å². The van der Waals surface area contributed by atoms with Crippen molar-refractivity contribution in [2.75, 3.05) is 0 Å². The van der Waals surface area contributed by atoms with Crippen LogP contribution in [0.15, 0.2) is 59.9 Å². The van der Waals surface area contributed by atoms with Crippen LogP contribution < -0.4 is 5.56 Å². The van der Waals surface area contributed by atoms with Gasteiger partial charge in [0.25, 0.3) is 5.56 Å². The summed E-state index contributed by atoms with van der Waals surface area (Å²) in [4.78, 5) is 25.8. The van der Waals surface area contributed by atoms with E-state index in [-0.39, 0.29) is 5.56 Å².